The number of aromatic nitrogens is 1. The van der Waals surface area contributed by atoms with E-state index in [2.05, 4.69) is 9.72 Å². The van der Waals surface area contributed by atoms with Gasteiger partial charge in [0.2, 0.25) is 0 Å². The van der Waals surface area contributed by atoms with Crippen molar-refractivity contribution in [1.82, 2.24) is 4.98 Å². The average molecular weight is 319 g/mol. The molecule has 6 heteroatoms. The number of nitrogens with zero attached hydrogens (tertiary/aromatic N) is 2. The van der Waals surface area contributed by atoms with Gasteiger partial charge in [-0.2, -0.15) is 0 Å². The number of esters is 1. The summed E-state index contributed by atoms with van der Waals surface area (Å²) in [4.78, 5) is 28.7. The molecule has 0 bridgehead atoms. The quantitative estimate of drug-likeness (QED) is 0.482. The highest BCUT2D eigenvalue weighted by atomic mass is 35.5. The van der Waals surface area contributed by atoms with E-state index in [1.165, 1.54) is 12.0 Å². The van der Waals surface area contributed by atoms with Gasteiger partial charge in [-0.05, 0) is 24.3 Å². The molecule has 2 rings (SSSR count). The number of methoxy groups -OCH3 is 1. The zero-order valence-electron chi connectivity index (χ0n) is 12.2. The average Bonchev–Trinajstić information content (AvgIpc) is 2.56. The lowest BCUT2D eigenvalue weighted by Crippen LogP contribution is -2.41. The largest absolute Gasteiger partial charge is 0.467 e. The van der Waals surface area contributed by atoms with E-state index in [0.717, 1.165) is 11.3 Å². The van der Waals surface area contributed by atoms with Crippen LogP contribution in [0.25, 0.3) is 11.3 Å². The predicted octanol–water partition coefficient (Wildman–Crippen LogP) is 2.58. The van der Waals surface area contributed by atoms with Crippen molar-refractivity contribution < 1.29 is 14.3 Å². The molecule has 0 spiro atoms. The van der Waals surface area contributed by atoms with Gasteiger partial charge in [0.15, 0.2) is 12.3 Å². The van der Waals surface area contributed by atoms with E-state index >= 15 is 0 Å². The summed E-state index contributed by atoms with van der Waals surface area (Å²) in [6.07, 6.45) is 0.530. The highest BCUT2D eigenvalue weighted by molar-refractivity contribution is 6.30. The molecule has 0 aliphatic heterocycles. The lowest BCUT2D eigenvalue weighted by atomic mass is 10.1. The Morgan fingerprint density at radius 2 is 1.95 bits per heavy atom. The number of anilines is 1. The van der Waals surface area contributed by atoms with Gasteiger partial charge in [-0.1, -0.05) is 29.8 Å². The van der Waals surface area contributed by atoms with Gasteiger partial charge in [-0.15, -0.1) is 0 Å². The molecule has 1 heterocycles. The Labute approximate surface area is 133 Å². The first kappa shape index (κ1) is 16.0. The number of ether oxygens (including phenoxy) is 1. The minimum Gasteiger partial charge on any atom is -0.467 e. The zero-order chi connectivity index (χ0) is 16.1. The van der Waals surface area contributed by atoms with Gasteiger partial charge in [0.05, 0.1) is 12.8 Å². The Bertz CT molecular complexity index is 673. The summed E-state index contributed by atoms with van der Waals surface area (Å²) in [5.74, 6) is -0.133. The fraction of sp³-hybridized carbons (Fsp3) is 0.188. The molecule has 114 valence electrons. The minimum absolute atomic E-state index is 0.495. The summed E-state index contributed by atoms with van der Waals surface area (Å²) < 4.78 is 4.62. The summed E-state index contributed by atoms with van der Waals surface area (Å²) >= 11 is 5.87. The highest BCUT2D eigenvalue weighted by Gasteiger charge is 2.24. The number of likely N-dealkylation sites (N-methyl/N-ethyl adjacent to an activating group) is 1. The summed E-state index contributed by atoms with van der Waals surface area (Å²) in [7, 11) is 2.86. The van der Waals surface area contributed by atoms with Gasteiger partial charge in [0, 0.05) is 17.6 Å². The molecule has 1 atom stereocenters. The summed E-state index contributed by atoms with van der Waals surface area (Å²) in [6.45, 7) is 0. The number of hydrogen-bond donors (Lipinski definition) is 0. The number of carbonyl (C=O) groups excluding carboxylic acids is 2. The van der Waals surface area contributed by atoms with Crippen molar-refractivity contribution in [2.75, 3.05) is 19.1 Å². The van der Waals surface area contributed by atoms with Crippen LogP contribution in [0, 0.1) is 0 Å². The van der Waals surface area contributed by atoms with Crippen molar-refractivity contribution in [2.45, 2.75) is 6.04 Å². The molecule has 1 unspecified atom stereocenters. The van der Waals surface area contributed by atoms with Crippen molar-refractivity contribution in [2.24, 2.45) is 0 Å². The first-order chi connectivity index (χ1) is 10.6. The lowest BCUT2D eigenvalue weighted by Gasteiger charge is -2.23. The standard InChI is InChI=1S/C16H15ClN2O3/c1-19(14(10-20)16(21)22-2)15-5-3-4-13(18-15)11-6-8-12(17)9-7-11/h3-10,14H,1-2H3. The third-order valence-electron chi connectivity index (χ3n) is 3.22. The number of hydrogen-bond acceptors (Lipinski definition) is 5. The molecular formula is C16H15ClN2O3. The molecule has 2 aromatic rings. The van der Waals surface area contributed by atoms with Crippen LogP contribution in [-0.4, -0.2) is 37.4 Å². The molecule has 0 saturated heterocycles. The van der Waals surface area contributed by atoms with E-state index in [1.807, 2.05) is 24.3 Å². The molecule has 1 aromatic heterocycles. The van der Waals surface area contributed by atoms with Gasteiger partial charge in [0.25, 0.3) is 0 Å². The zero-order valence-corrected chi connectivity index (χ0v) is 12.9. The van der Waals surface area contributed by atoms with Crippen molar-refractivity contribution in [3.8, 4) is 11.3 Å². The fourth-order valence-electron chi connectivity index (χ4n) is 1.97. The Hall–Kier alpha value is -2.40. The number of halogens is 1. The summed E-state index contributed by atoms with van der Waals surface area (Å²) in [5, 5.41) is 0.642. The van der Waals surface area contributed by atoms with Crippen LogP contribution in [0.3, 0.4) is 0 Å². The Morgan fingerprint density at radius 1 is 1.27 bits per heavy atom. The first-order valence-electron chi connectivity index (χ1n) is 6.55. The van der Waals surface area contributed by atoms with Crippen molar-refractivity contribution in [3.05, 3.63) is 47.5 Å². The maximum Gasteiger partial charge on any atom is 0.336 e. The van der Waals surface area contributed by atoms with Gasteiger partial charge >= 0.3 is 5.97 Å². The number of pyridine rings is 1. The summed E-state index contributed by atoms with van der Waals surface area (Å²) in [6, 6.07) is 11.6. The topological polar surface area (TPSA) is 59.5 Å². The second-order valence-corrected chi connectivity index (χ2v) is 5.04. The van der Waals surface area contributed by atoms with Crippen LogP contribution in [0.2, 0.25) is 5.02 Å². The van der Waals surface area contributed by atoms with Gasteiger partial charge < -0.3 is 14.4 Å². The van der Waals surface area contributed by atoms with Crippen LogP contribution >= 0.6 is 11.6 Å². The normalized spacial score (nSPS) is 11.6. The van der Waals surface area contributed by atoms with Gasteiger partial charge in [-0.25, -0.2) is 9.78 Å². The molecule has 5 nitrogen and oxygen atoms in total. The third-order valence-corrected chi connectivity index (χ3v) is 3.48. The molecule has 0 amide bonds. The van der Waals surface area contributed by atoms with E-state index < -0.39 is 12.0 Å². The molecule has 0 radical (unpaired) electrons. The van der Waals surface area contributed by atoms with Gasteiger partial charge in [0.1, 0.15) is 5.82 Å². The summed E-state index contributed by atoms with van der Waals surface area (Å²) in [5.41, 5.74) is 1.61. The Morgan fingerprint density at radius 3 is 2.55 bits per heavy atom. The minimum atomic E-state index is -1.03. The van der Waals surface area contributed by atoms with E-state index in [0.29, 0.717) is 17.1 Å². The molecular weight excluding hydrogens is 304 g/mol. The number of benzene rings is 1. The van der Waals surface area contributed by atoms with E-state index in [1.54, 1.807) is 25.2 Å². The molecule has 0 fully saturated rings. The molecule has 0 aliphatic carbocycles. The smallest absolute Gasteiger partial charge is 0.336 e. The first-order valence-corrected chi connectivity index (χ1v) is 6.93. The van der Waals surface area contributed by atoms with Crippen LogP contribution in [0.4, 0.5) is 5.82 Å². The maximum atomic E-state index is 11.6. The van der Waals surface area contributed by atoms with Crippen LogP contribution in [0.15, 0.2) is 42.5 Å². The second-order valence-electron chi connectivity index (χ2n) is 4.60. The van der Waals surface area contributed by atoms with E-state index in [9.17, 15) is 9.59 Å². The van der Waals surface area contributed by atoms with Crippen LogP contribution in [-0.2, 0) is 14.3 Å². The SMILES string of the molecule is COC(=O)C(C=O)N(C)c1cccc(-c2ccc(Cl)cc2)n1. The Balaban J connectivity index is 2.33. The number of carbonyl (C=O) groups is 2. The maximum absolute atomic E-state index is 11.6. The van der Waals surface area contributed by atoms with E-state index in [4.69, 9.17) is 11.6 Å². The molecule has 0 aliphatic rings. The second kappa shape index (κ2) is 7.04. The van der Waals surface area contributed by atoms with Gasteiger partial charge in [-0.3, -0.25) is 0 Å². The number of rotatable bonds is 5. The van der Waals surface area contributed by atoms with Crippen LogP contribution in [0.5, 0.6) is 0 Å². The lowest BCUT2D eigenvalue weighted by molar-refractivity contribution is -0.143. The molecule has 0 saturated carbocycles. The Kier molecular flexibility index (Phi) is 5.12. The number of aldehydes is 1. The monoisotopic (exact) mass is 318 g/mol. The van der Waals surface area contributed by atoms with E-state index in [-0.39, 0.29) is 0 Å². The van der Waals surface area contributed by atoms with Crippen LogP contribution in [0.1, 0.15) is 0 Å². The molecule has 1 aromatic carbocycles. The predicted molar refractivity (Wildman–Crippen MR) is 85.0 cm³/mol. The van der Waals surface area contributed by atoms with Crippen molar-refractivity contribution in [1.29, 1.82) is 0 Å². The van der Waals surface area contributed by atoms with Crippen molar-refractivity contribution >= 4 is 29.7 Å². The highest BCUT2D eigenvalue weighted by Crippen LogP contribution is 2.22. The molecule has 0 N–H and O–H groups in total. The fourth-order valence-corrected chi connectivity index (χ4v) is 2.10. The third kappa shape index (κ3) is 3.43. The van der Waals surface area contributed by atoms with Crippen molar-refractivity contribution in [3.63, 3.8) is 0 Å². The van der Waals surface area contributed by atoms with Crippen LogP contribution < -0.4 is 4.90 Å². The molecule has 22 heavy (non-hydrogen) atoms.